The van der Waals surface area contributed by atoms with Crippen LogP contribution in [0.3, 0.4) is 0 Å². The maximum atomic E-state index is 6.09. The molecule has 1 saturated heterocycles. The number of rotatable bonds is 5. The van der Waals surface area contributed by atoms with Gasteiger partial charge in [-0.1, -0.05) is 0 Å². The average Bonchev–Trinajstić information content (AvgIpc) is 2.85. The fourth-order valence-electron chi connectivity index (χ4n) is 2.08. The van der Waals surface area contributed by atoms with E-state index in [0.29, 0.717) is 12.4 Å². The van der Waals surface area contributed by atoms with Gasteiger partial charge in [0.2, 0.25) is 0 Å². The van der Waals surface area contributed by atoms with Crippen molar-refractivity contribution in [3.8, 4) is 0 Å². The van der Waals surface area contributed by atoms with Gasteiger partial charge in [0, 0.05) is 31.2 Å². The normalized spacial score (nSPS) is 19.4. The zero-order valence-corrected chi connectivity index (χ0v) is 10.9. The van der Waals surface area contributed by atoms with E-state index in [0.717, 1.165) is 38.4 Å². The highest BCUT2D eigenvalue weighted by Crippen LogP contribution is 2.22. The van der Waals surface area contributed by atoms with Crippen molar-refractivity contribution < 1.29 is 4.74 Å². The van der Waals surface area contributed by atoms with Crippen LogP contribution in [0.5, 0.6) is 0 Å². The maximum Gasteiger partial charge on any atom is 0.140 e. The Balaban J connectivity index is 1.95. The van der Waals surface area contributed by atoms with Crippen molar-refractivity contribution in [3.63, 3.8) is 0 Å². The molecule has 6 heteroatoms. The predicted octanol–water partition coefficient (Wildman–Crippen LogP) is 1.18. The van der Waals surface area contributed by atoms with Gasteiger partial charge in [-0.2, -0.15) is 5.10 Å². The first-order valence-corrected chi connectivity index (χ1v) is 6.58. The molecule has 17 heavy (non-hydrogen) atoms. The standard InChI is InChI=1S/C11H19ClN4O/c1-2-16-10(13-9-15-16)7-14-11(8-12)3-5-17-6-4-11/h9,14H,2-8H2,1H3. The number of halogens is 1. The summed E-state index contributed by atoms with van der Waals surface area (Å²) >= 11 is 6.09. The van der Waals surface area contributed by atoms with Crippen molar-refractivity contribution in [1.82, 2.24) is 20.1 Å². The van der Waals surface area contributed by atoms with Gasteiger partial charge in [-0.15, -0.1) is 11.6 Å². The minimum atomic E-state index is -0.00960. The van der Waals surface area contributed by atoms with E-state index in [1.807, 2.05) is 4.68 Å². The lowest BCUT2D eigenvalue weighted by Crippen LogP contribution is -2.50. The summed E-state index contributed by atoms with van der Waals surface area (Å²) in [6.07, 6.45) is 3.51. The van der Waals surface area contributed by atoms with Gasteiger partial charge in [0.1, 0.15) is 12.2 Å². The number of nitrogens with zero attached hydrogens (tertiary/aromatic N) is 3. The fourth-order valence-corrected chi connectivity index (χ4v) is 2.44. The predicted molar refractivity (Wildman–Crippen MR) is 66.0 cm³/mol. The molecule has 0 unspecified atom stereocenters. The number of aryl methyl sites for hydroxylation is 1. The van der Waals surface area contributed by atoms with Crippen molar-refractivity contribution in [2.24, 2.45) is 0 Å². The van der Waals surface area contributed by atoms with Gasteiger partial charge in [-0.05, 0) is 19.8 Å². The molecule has 2 rings (SSSR count). The number of ether oxygens (including phenoxy) is 1. The van der Waals surface area contributed by atoms with Crippen LogP contribution in [0.4, 0.5) is 0 Å². The van der Waals surface area contributed by atoms with Crippen molar-refractivity contribution in [2.75, 3.05) is 19.1 Å². The summed E-state index contributed by atoms with van der Waals surface area (Å²) in [4.78, 5) is 4.25. The number of hydrogen-bond donors (Lipinski definition) is 1. The van der Waals surface area contributed by atoms with E-state index in [9.17, 15) is 0 Å². The van der Waals surface area contributed by atoms with Crippen LogP contribution in [0.1, 0.15) is 25.6 Å². The highest BCUT2D eigenvalue weighted by atomic mass is 35.5. The Morgan fingerprint density at radius 2 is 2.29 bits per heavy atom. The third-order valence-corrected chi connectivity index (χ3v) is 3.83. The van der Waals surface area contributed by atoms with E-state index in [4.69, 9.17) is 16.3 Å². The van der Waals surface area contributed by atoms with Crippen LogP contribution < -0.4 is 5.32 Å². The van der Waals surface area contributed by atoms with Crippen molar-refractivity contribution in [2.45, 2.75) is 38.4 Å². The number of hydrogen-bond acceptors (Lipinski definition) is 4. The molecule has 2 heterocycles. The van der Waals surface area contributed by atoms with Gasteiger partial charge in [0.15, 0.2) is 0 Å². The summed E-state index contributed by atoms with van der Waals surface area (Å²) in [5.74, 6) is 1.57. The van der Waals surface area contributed by atoms with Gasteiger partial charge in [-0.25, -0.2) is 9.67 Å². The topological polar surface area (TPSA) is 52.0 Å². The largest absolute Gasteiger partial charge is 0.381 e. The summed E-state index contributed by atoms with van der Waals surface area (Å²) in [6.45, 7) is 5.17. The first-order chi connectivity index (χ1) is 8.29. The average molecular weight is 259 g/mol. The van der Waals surface area contributed by atoms with Gasteiger partial charge in [-0.3, -0.25) is 0 Å². The van der Waals surface area contributed by atoms with E-state index < -0.39 is 0 Å². The molecular formula is C11H19ClN4O. The molecule has 0 bridgehead atoms. The van der Waals surface area contributed by atoms with Crippen LogP contribution in [0.25, 0.3) is 0 Å². The molecule has 0 amide bonds. The Morgan fingerprint density at radius 1 is 1.53 bits per heavy atom. The monoisotopic (exact) mass is 258 g/mol. The lowest BCUT2D eigenvalue weighted by molar-refractivity contribution is 0.0455. The van der Waals surface area contributed by atoms with Crippen LogP contribution in [0.2, 0.25) is 0 Å². The van der Waals surface area contributed by atoms with Crippen LogP contribution in [0.15, 0.2) is 6.33 Å². The molecule has 0 aliphatic carbocycles. The summed E-state index contributed by atoms with van der Waals surface area (Å²) < 4.78 is 7.27. The zero-order chi connectivity index (χ0) is 12.1. The SMILES string of the molecule is CCn1ncnc1CNC1(CCl)CCOCC1. The van der Waals surface area contributed by atoms with Crippen molar-refractivity contribution in [3.05, 3.63) is 12.2 Å². The molecule has 1 aliphatic heterocycles. The molecule has 96 valence electrons. The van der Waals surface area contributed by atoms with E-state index in [2.05, 4.69) is 22.3 Å². The molecule has 1 N–H and O–H groups in total. The quantitative estimate of drug-likeness (QED) is 0.806. The van der Waals surface area contributed by atoms with E-state index in [1.54, 1.807) is 6.33 Å². The lowest BCUT2D eigenvalue weighted by atomic mass is 9.92. The molecule has 1 aromatic rings. The molecule has 0 aromatic carbocycles. The highest BCUT2D eigenvalue weighted by molar-refractivity contribution is 6.18. The number of nitrogens with one attached hydrogen (secondary N) is 1. The lowest BCUT2D eigenvalue weighted by Gasteiger charge is -2.36. The smallest absolute Gasteiger partial charge is 0.140 e. The Hall–Kier alpha value is -0.650. The Morgan fingerprint density at radius 3 is 2.94 bits per heavy atom. The summed E-state index contributed by atoms with van der Waals surface area (Å²) in [7, 11) is 0. The van der Waals surface area contributed by atoms with E-state index in [1.165, 1.54) is 0 Å². The maximum absolute atomic E-state index is 6.09. The second-order valence-corrected chi connectivity index (χ2v) is 4.64. The van der Waals surface area contributed by atoms with E-state index >= 15 is 0 Å². The van der Waals surface area contributed by atoms with Gasteiger partial charge in [0.25, 0.3) is 0 Å². The number of aromatic nitrogens is 3. The molecule has 1 aliphatic rings. The molecule has 0 saturated carbocycles. The summed E-state index contributed by atoms with van der Waals surface area (Å²) in [5.41, 5.74) is -0.00960. The zero-order valence-electron chi connectivity index (χ0n) is 10.2. The molecule has 0 atom stereocenters. The molecule has 1 aromatic heterocycles. The van der Waals surface area contributed by atoms with Gasteiger partial charge >= 0.3 is 0 Å². The minimum Gasteiger partial charge on any atom is -0.381 e. The van der Waals surface area contributed by atoms with Gasteiger partial charge < -0.3 is 10.1 Å². The highest BCUT2D eigenvalue weighted by Gasteiger charge is 2.31. The minimum absolute atomic E-state index is 0.00960. The third kappa shape index (κ3) is 2.97. The molecule has 5 nitrogen and oxygen atoms in total. The molecule has 0 spiro atoms. The Bertz CT molecular complexity index is 349. The van der Waals surface area contributed by atoms with E-state index in [-0.39, 0.29) is 5.54 Å². The first-order valence-electron chi connectivity index (χ1n) is 6.05. The first kappa shape index (κ1) is 12.8. The molecule has 0 radical (unpaired) electrons. The third-order valence-electron chi connectivity index (χ3n) is 3.32. The van der Waals surface area contributed by atoms with Crippen LogP contribution in [-0.4, -0.2) is 39.4 Å². The van der Waals surface area contributed by atoms with Crippen LogP contribution >= 0.6 is 11.6 Å². The Kier molecular flexibility index (Phi) is 4.36. The number of alkyl halides is 1. The second-order valence-electron chi connectivity index (χ2n) is 4.37. The van der Waals surface area contributed by atoms with Crippen molar-refractivity contribution in [1.29, 1.82) is 0 Å². The molecule has 1 fully saturated rings. The Labute approximate surface area is 107 Å². The fraction of sp³-hybridized carbons (Fsp3) is 0.818. The van der Waals surface area contributed by atoms with Gasteiger partial charge in [0.05, 0.1) is 6.54 Å². The summed E-state index contributed by atoms with van der Waals surface area (Å²) in [6, 6.07) is 0. The van der Waals surface area contributed by atoms with Crippen LogP contribution in [0, 0.1) is 0 Å². The second kappa shape index (κ2) is 5.80. The summed E-state index contributed by atoms with van der Waals surface area (Å²) in [5, 5.41) is 7.68. The van der Waals surface area contributed by atoms with Crippen molar-refractivity contribution >= 4 is 11.6 Å². The molecular weight excluding hydrogens is 240 g/mol. The van der Waals surface area contributed by atoms with Crippen LogP contribution in [-0.2, 0) is 17.8 Å².